The summed E-state index contributed by atoms with van der Waals surface area (Å²) in [4.78, 5) is 0. The third-order valence-corrected chi connectivity index (χ3v) is 3.40. The number of aryl methyl sites for hydroxylation is 1. The van der Waals surface area contributed by atoms with Gasteiger partial charge in [-0.25, -0.2) is 0 Å². The molecule has 0 spiro atoms. The molecule has 13 heavy (non-hydrogen) atoms. The summed E-state index contributed by atoms with van der Waals surface area (Å²) in [6.07, 6.45) is 0.561. The summed E-state index contributed by atoms with van der Waals surface area (Å²) in [7, 11) is 1.59. The van der Waals surface area contributed by atoms with Gasteiger partial charge in [0.2, 0.25) is 0 Å². The van der Waals surface area contributed by atoms with Gasteiger partial charge in [0.25, 0.3) is 5.92 Å². The van der Waals surface area contributed by atoms with Crippen molar-refractivity contribution in [1.29, 1.82) is 0 Å². The fourth-order valence-electron chi connectivity index (χ4n) is 2.18. The first kappa shape index (κ1) is 7.74. The molecule has 1 aromatic heterocycles. The second kappa shape index (κ2) is 1.90. The van der Waals surface area contributed by atoms with Crippen LogP contribution >= 0.6 is 11.6 Å². The maximum Gasteiger partial charge on any atom is 0.295 e. The minimum absolute atomic E-state index is 0.0359. The molecular formula is C8H7ClF2N2. The Kier molecular flexibility index (Phi) is 1.13. The van der Waals surface area contributed by atoms with E-state index in [9.17, 15) is 8.78 Å². The lowest BCUT2D eigenvalue weighted by molar-refractivity contribution is -0.0273. The van der Waals surface area contributed by atoms with Crippen molar-refractivity contribution in [2.45, 2.75) is 18.3 Å². The van der Waals surface area contributed by atoms with Gasteiger partial charge in [-0.3, -0.25) is 4.68 Å². The molecule has 5 heteroatoms. The van der Waals surface area contributed by atoms with Crippen molar-refractivity contribution in [1.82, 2.24) is 9.78 Å². The topological polar surface area (TPSA) is 17.8 Å². The molecule has 2 aliphatic carbocycles. The van der Waals surface area contributed by atoms with E-state index >= 15 is 0 Å². The molecule has 0 radical (unpaired) electrons. The minimum atomic E-state index is -2.75. The van der Waals surface area contributed by atoms with E-state index in [1.807, 2.05) is 0 Å². The van der Waals surface area contributed by atoms with Gasteiger partial charge in [-0.1, -0.05) is 11.6 Å². The standard InChI is InChI=1S/C8H7ClF2N2/c1-13-7(9)5-3-2-4(3)8(10,11)6(5)12-13/h3-4H,2H2,1H3/t3?,4-/m1/s1. The molecule has 3 rings (SSSR count). The molecule has 0 saturated heterocycles. The fourth-order valence-corrected chi connectivity index (χ4v) is 2.45. The first-order valence-electron chi connectivity index (χ1n) is 4.14. The lowest BCUT2D eigenvalue weighted by Gasteiger charge is -2.08. The van der Waals surface area contributed by atoms with E-state index in [0.29, 0.717) is 17.1 Å². The van der Waals surface area contributed by atoms with Gasteiger partial charge in [0.05, 0.1) is 0 Å². The largest absolute Gasteiger partial charge is 0.295 e. The molecule has 0 bridgehead atoms. The Hall–Kier alpha value is -0.640. The maximum atomic E-state index is 13.4. The van der Waals surface area contributed by atoms with E-state index in [-0.39, 0.29) is 11.6 Å². The molecule has 0 aliphatic heterocycles. The molecule has 1 fully saturated rings. The maximum absolute atomic E-state index is 13.4. The van der Waals surface area contributed by atoms with Crippen molar-refractivity contribution >= 4 is 11.6 Å². The summed E-state index contributed by atoms with van der Waals surface area (Å²) in [5.74, 6) is -3.31. The van der Waals surface area contributed by atoms with Crippen LogP contribution in [-0.2, 0) is 13.0 Å². The Morgan fingerprint density at radius 1 is 1.62 bits per heavy atom. The zero-order valence-electron chi connectivity index (χ0n) is 6.89. The second-order valence-corrected chi connectivity index (χ2v) is 4.11. The van der Waals surface area contributed by atoms with Crippen LogP contribution in [-0.4, -0.2) is 9.78 Å². The number of rotatable bonds is 0. The third kappa shape index (κ3) is 0.713. The SMILES string of the molecule is Cn1nc2c(c1Cl)C1C[C@H]1C2(F)F. The van der Waals surface area contributed by atoms with E-state index in [4.69, 9.17) is 11.6 Å². The summed E-state index contributed by atoms with van der Waals surface area (Å²) >= 11 is 5.87. The van der Waals surface area contributed by atoms with E-state index in [1.54, 1.807) is 7.05 Å². The Morgan fingerprint density at radius 2 is 2.31 bits per heavy atom. The molecule has 2 atom stereocenters. The molecule has 1 unspecified atom stereocenters. The van der Waals surface area contributed by atoms with Crippen LogP contribution < -0.4 is 0 Å². The Bertz CT molecular complexity index is 399. The molecular weight excluding hydrogens is 198 g/mol. The average Bonchev–Trinajstić information content (AvgIpc) is 2.73. The Morgan fingerprint density at radius 3 is 2.92 bits per heavy atom. The van der Waals surface area contributed by atoms with Crippen molar-refractivity contribution in [3.8, 4) is 0 Å². The Balaban J connectivity index is 2.28. The van der Waals surface area contributed by atoms with Crippen molar-refractivity contribution in [3.63, 3.8) is 0 Å². The van der Waals surface area contributed by atoms with Gasteiger partial charge < -0.3 is 0 Å². The third-order valence-electron chi connectivity index (χ3n) is 2.95. The zero-order chi connectivity index (χ0) is 9.38. The quantitative estimate of drug-likeness (QED) is 0.634. The Labute approximate surface area is 78.5 Å². The number of halogens is 3. The minimum Gasteiger partial charge on any atom is -0.256 e. The molecule has 0 aromatic carbocycles. The molecule has 2 nitrogen and oxygen atoms in total. The van der Waals surface area contributed by atoms with Crippen LogP contribution in [0.5, 0.6) is 0 Å². The van der Waals surface area contributed by atoms with Crippen LogP contribution in [0.2, 0.25) is 5.15 Å². The van der Waals surface area contributed by atoms with Crippen molar-refractivity contribution < 1.29 is 8.78 Å². The van der Waals surface area contributed by atoms with Gasteiger partial charge in [-0.2, -0.15) is 13.9 Å². The smallest absolute Gasteiger partial charge is 0.256 e. The van der Waals surface area contributed by atoms with E-state index in [2.05, 4.69) is 5.10 Å². The number of alkyl halides is 2. The summed E-state index contributed by atoms with van der Waals surface area (Å²) < 4.78 is 28.2. The van der Waals surface area contributed by atoms with Crippen LogP contribution in [0.15, 0.2) is 0 Å². The number of hydrogen-bond acceptors (Lipinski definition) is 1. The van der Waals surface area contributed by atoms with Crippen molar-refractivity contribution in [2.75, 3.05) is 0 Å². The molecule has 2 aliphatic rings. The monoisotopic (exact) mass is 204 g/mol. The van der Waals surface area contributed by atoms with Gasteiger partial charge in [0.15, 0.2) is 0 Å². The van der Waals surface area contributed by atoms with E-state index in [1.165, 1.54) is 4.68 Å². The van der Waals surface area contributed by atoms with Crippen LogP contribution in [0.3, 0.4) is 0 Å². The lowest BCUT2D eigenvalue weighted by Crippen LogP contribution is -2.14. The second-order valence-electron chi connectivity index (χ2n) is 3.75. The van der Waals surface area contributed by atoms with Gasteiger partial charge in [-0.15, -0.1) is 0 Å². The molecule has 1 heterocycles. The lowest BCUT2D eigenvalue weighted by atomic mass is 10.2. The van der Waals surface area contributed by atoms with Gasteiger partial charge in [0, 0.05) is 18.5 Å². The predicted molar refractivity (Wildman–Crippen MR) is 43.0 cm³/mol. The highest BCUT2D eigenvalue weighted by Gasteiger charge is 2.66. The van der Waals surface area contributed by atoms with Gasteiger partial charge in [0.1, 0.15) is 10.8 Å². The highest BCUT2D eigenvalue weighted by Crippen LogP contribution is 2.67. The summed E-state index contributed by atoms with van der Waals surface area (Å²) in [5.41, 5.74) is 0.486. The molecule has 0 amide bonds. The van der Waals surface area contributed by atoms with Gasteiger partial charge in [-0.05, 0) is 12.3 Å². The average molecular weight is 205 g/mol. The molecule has 1 aromatic rings. The predicted octanol–water partition coefficient (Wildman–Crippen LogP) is 2.28. The highest BCUT2D eigenvalue weighted by atomic mass is 35.5. The molecule has 70 valence electrons. The zero-order valence-corrected chi connectivity index (χ0v) is 7.65. The normalized spacial score (nSPS) is 32.9. The van der Waals surface area contributed by atoms with Gasteiger partial charge >= 0.3 is 0 Å². The van der Waals surface area contributed by atoms with Crippen LogP contribution in [0.1, 0.15) is 23.6 Å². The highest BCUT2D eigenvalue weighted by molar-refractivity contribution is 6.30. The number of hydrogen-bond donors (Lipinski definition) is 0. The van der Waals surface area contributed by atoms with Crippen molar-refractivity contribution in [3.05, 3.63) is 16.4 Å². The van der Waals surface area contributed by atoms with E-state index < -0.39 is 11.8 Å². The first-order chi connectivity index (χ1) is 6.03. The first-order valence-corrected chi connectivity index (χ1v) is 4.52. The van der Waals surface area contributed by atoms with Crippen LogP contribution in [0.4, 0.5) is 8.78 Å². The van der Waals surface area contributed by atoms with E-state index in [0.717, 1.165) is 0 Å². The molecule has 1 saturated carbocycles. The molecule has 0 N–H and O–H groups in total. The number of fused-ring (bicyclic) bond motifs is 3. The van der Waals surface area contributed by atoms with Crippen molar-refractivity contribution in [2.24, 2.45) is 13.0 Å². The summed E-state index contributed by atoms with van der Waals surface area (Å²) in [6.45, 7) is 0. The number of aromatic nitrogens is 2. The summed E-state index contributed by atoms with van der Waals surface area (Å²) in [5, 5.41) is 4.13. The number of nitrogens with zero attached hydrogens (tertiary/aromatic N) is 2. The summed E-state index contributed by atoms with van der Waals surface area (Å²) in [6, 6.07) is 0. The van der Waals surface area contributed by atoms with Crippen LogP contribution in [0.25, 0.3) is 0 Å². The van der Waals surface area contributed by atoms with Crippen LogP contribution in [0, 0.1) is 5.92 Å². The fraction of sp³-hybridized carbons (Fsp3) is 0.625.